The molecule has 1 saturated carbocycles. The van der Waals surface area contributed by atoms with Gasteiger partial charge in [0.2, 0.25) is 11.8 Å². The van der Waals surface area contributed by atoms with Crippen LogP contribution in [-0.4, -0.2) is 47.7 Å². The highest BCUT2D eigenvalue weighted by Gasteiger charge is 2.33. The first kappa shape index (κ1) is 22.3. The van der Waals surface area contributed by atoms with Gasteiger partial charge in [-0.2, -0.15) is 0 Å². The first-order chi connectivity index (χ1) is 14.5. The van der Waals surface area contributed by atoms with E-state index in [9.17, 15) is 9.59 Å². The Labute approximate surface area is 179 Å². The molecule has 2 amide bonds. The van der Waals surface area contributed by atoms with Gasteiger partial charge in [0.25, 0.3) is 0 Å². The number of benzene rings is 1. The zero-order valence-corrected chi connectivity index (χ0v) is 17.8. The average Bonchev–Trinajstić information content (AvgIpc) is 3.21. The van der Waals surface area contributed by atoms with Crippen molar-refractivity contribution in [3.8, 4) is 0 Å². The molecule has 3 rings (SSSR count). The van der Waals surface area contributed by atoms with E-state index in [4.69, 9.17) is 11.1 Å². The molecule has 1 aliphatic carbocycles. The summed E-state index contributed by atoms with van der Waals surface area (Å²) < 4.78 is 0. The van der Waals surface area contributed by atoms with Crippen LogP contribution in [0.1, 0.15) is 68.9 Å². The average molecular weight is 414 g/mol. The third-order valence-electron chi connectivity index (χ3n) is 6.25. The van der Waals surface area contributed by atoms with Crippen molar-refractivity contribution in [2.45, 2.75) is 76.4 Å². The van der Waals surface area contributed by atoms with Gasteiger partial charge in [0.05, 0.1) is 6.54 Å². The van der Waals surface area contributed by atoms with Crippen LogP contribution in [0.2, 0.25) is 0 Å². The lowest BCUT2D eigenvalue weighted by molar-refractivity contribution is -0.137. The fourth-order valence-corrected chi connectivity index (χ4v) is 4.44. The highest BCUT2D eigenvalue weighted by atomic mass is 16.2. The van der Waals surface area contributed by atoms with E-state index in [2.05, 4.69) is 10.6 Å². The Morgan fingerprint density at radius 3 is 2.33 bits per heavy atom. The number of likely N-dealkylation sites (tertiary alicyclic amines) is 1. The van der Waals surface area contributed by atoms with E-state index in [1.165, 1.54) is 32.1 Å². The van der Waals surface area contributed by atoms with E-state index in [0.717, 1.165) is 24.8 Å². The molecule has 5 N–H and O–H groups in total. The molecule has 7 nitrogen and oxygen atoms in total. The van der Waals surface area contributed by atoms with Gasteiger partial charge in [0, 0.05) is 24.7 Å². The Bertz CT molecular complexity index is 726. The third kappa shape index (κ3) is 6.29. The van der Waals surface area contributed by atoms with Crippen molar-refractivity contribution in [1.29, 1.82) is 5.41 Å². The molecule has 2 fully saturated rings. The van der Waals surface area contributed by atoms with Crippen molar-refractivity contribution >= 4 is 17.6 Å². The summed E-state index contributed by atoms with van der Waals surface area (Å²) in [7, 11) is 0. The van der Waals surface area contributed by atoms with Gasteiger partial charge in [-0.1, -0.05) is 56.4 Å². The summed E-state index contributed by atoms with van der Waals surface area (Å²) in [5.41, 5.74) is 7.07. The maximum absolute atomic E-state index is 12.8. The quantitative estimate of drug-likeness (QED) is 0.406. The van der Waals surface area contributed by atoms with Gasteiger partial charge in [-0.15, -0.1) is 0 Å². The van der Waals surface area contributed by atoms with Crippen LogP contribution in [0, 0.1) is 5.41 Å². The summed E-state index contributed by atoms with van der Waals surface area (Å²) >= 11 is 0. The first-order valence-corrected chi connectivity index (χ1v) is 11.3. The number of rotatable bonds is 7. The number of nitrogens with zero attached hydrogens (tertiary/aromatic N) is 1. The summed E-state index contributed by atoms with van der Waals surface area (Å²) in [6.45, 7) is 1.37. The molecule has 1 aromatic rings. The van der Waals surface area contributed by atoms with Gasteiger partial charge < -0.3 is 21.3 Å². The molecule has 2 aliphatic rings. The fourth-order valence-electron chi connectivity index (χ4n) is 4.44. The Hall–Kier alpha value is -2.41. The van der Waals surface area contributed by atoms with Crippen LogP contribution in [0.5, 0.6) is 0 Å². The molecule has 0 unspecified atom stereocenters. The molecule has 0 spiro atoms. The summed E-state index contributed by atoms with van der Waals surface area (Å²) in [5, 5.41) is 13.8. The Morgan fingerprint density at radius 2 is 1.67 bits per heavy atom. The van der Waals surface area contributed by atoms with E-state index >= 15 is 0 Å². The fraction of sp³-hybridized carbons (Fsp3) is 0.609. The molecule has 1 heterocycles. The standard InChI is InChI=1S/C23H35N5O2/c24-22(25)18-12-10-17(11-13-18)15-27-23(30)20-9-6-14-28(20)21(29)16-26-19-7-4-2-1-3-5-8-19/h10-13,19-20,26H,1-9,14-16H2,(H3,24,25)(H,27,30)/t20-/m0/s1. The van der Waals surface area contributed by atoms with Crippen molar-refractivity contribution < 1.29 is 9.59 Å². The van der Waals surface area contributed by atoms with Gasteiger partial charge in [-0.3, -0.25) is 15.0 Å². The van der Waals surface area contributed by atoms with Gasteiger partial charge in [0.1, 0.15) is 11.9 Å². The van der Waals surface area contributed by atoms with Crippen molar-refractivity contribution in [3.05, 3.63) is 35.4 Å². The molecule has 1 aliphatic heterocycles. The number of carbonyl (C=O) groups is 2. The predicted molar refractivity (Wildman–Crippen MR) is 118 cm³/mol. The lowest BCUT2D eigenvalue weighted by atomic mass is 9.97. The predicted octanol–water partition coefficient (Wildman–Crippen LogP) is 2.28. The second kappa shape index (κ2) is 11.1. The third-order valence-corrected chi connectivity index (χ3v) is 6.25. The van der Waals surface area contributed by atoms with Crippen LogP contribution in [0.25, 0.3) is 0 Å². The number of nitrogens with one attached hydrogen (secondary N) is 3. The highest BCUT2D eigenvalue weighted by Crippen LogP contribution is 2.19. The summed E-state index contributed by atoms with van der Waals surface area (Å²) in [5.74, 6) is -0.0401. The van der Waals surface area contributed by atoms with Crippen molar-refractivity contribution in [2.24, 2.45) is 5.73 Å². The molecule has 1 atom stereocenters. The number of amidine groups is 1. The van der Waals surface area contributed by atoms with Crippen LogP contribution in [0.3, 0.4) is 0 Å². The molecule has 1 saturated heterocycles. The topological polar surface area (TPSA) is 111 Å². The number of nitrogen functional groups attached to an aromatic ring is 1. The Balaban J connectivity index is 1.46. The lowest BCUT2D eigenvalue weighted by Gasteiger charge is -2.26. The molecule has 164 valence electrons. The molecule has 1 aromatic carbocycles. The zero-order valence-electron chi connectivity index (χ0n) is 17.8. The second-order valence-corrected chi connectivity index (χ2v) is 8.50. The molecule has 0 bridgehead atoms. The van der Waals surface area contributed by atoms with Gasteiger partial charge in [0.15, 0.2) is 0 Å². The van der Waals surface area contributed by atoms with Crippen molar-refractivity contribution in [2.75, 3.05) is 13.1 Å². The zero-order chi connectivity index (χ0) is 21.3. The summed E-state index contributed by atoms with van der Waals surface area (Å²) in [4.78, 5) is 27.2. The smallest absolute Gasteiger partial charge is 0.243 e. The number of carbonyl (C=O) groups excluding carboxylic acids is 2. The van der Waals surface area contributed by atoms with Crippen molar-refractivity contribution in [1.82, 2.24) is 15.5 Å². The molecule has 30 heavy (non-hydrogen) atoms. The van der Waals surface area contributed by atoms with Crippen LogP contribution in [0.15, 0.2) is 24.3 Å². The largest absolute Gasteiger partial charge is 0.384 e. The van der Waals surface area contributed by atoms with Crippen molar-refractivity contribution in [3.63, 3.8) is 0 Å². The minimum atomic E-state index is -0.381. The van der Waals surface area contributed by atoms with Crippen LogP contribution in [0.4, 0.5) is 0 Å². The van der Waals surface area contributed by atoms with Gasteiger partial charge in [-0.25, -0.2) is 0 Å². The monoisotopic (exact) mass is 413 g/mol. The number of hydrogen-bond acceptors (Lipinski definition) is 4. The molecular formula is C23H35N5O2. The number of hydrogen-bond donors (Lipinski definition) is 4. The van der Waals surface area contributed by atoms with E-state index in [1.54, 1.807) is 17.0 Å². The number of amides is 2. The Morgan fingerprint density at radius 1 is 1.00 bits per heavy atom. The lowest BCUT2D eigenvalue weighted by Crippen LogP contribution is -2.49. The van der Waals surface area contributed by atoms with E-state index in [1.807, 2.05) is 12.1 Å². The van der Waals surface area contributed by atoms with E-state index < -0.39 is 0 Å². The highest BCUT2D eigenvalue weighted by molar-refractivity contribution is 5.94. The summed E-state index contributed by atoms with van der Waals surface area (Å²) in [6.07, 6.45) is 10.2. The molecular weight excluding hydrogens is 378 g/mol. The minimum absolute atomic E-state index is 0.0266. The second-order valence-electron chi connectivity index (χ2n) is 8.50. The molecule has 0 aromatic heterocycles. The van der Waals surface area contributed by atoms with E-state index in [0.29, 0.717) is 37.7 Å². The first-order valence-electron chi connectivity index (χ1n) is 11.3. The molecule has 0 radical (unpaired) electrons. The van der Waals surface area contributed by atoms with Gasteiger partial charge in [-0.05, 0) is 31.2 Å². The molecule has 7 heteroatoms. The van der Waals surface area contributed by atoms with Crippen LogP contribution in [-0.2, 0) is 16.1 Å². The van der Waals surface area contributed by atoms with E-state index in [-0.39, 0.29) is 23.7 Å². The SMILES string of the molecule is N=C(N)c1ccc(CNC(=O)[C@@H]2CCCN2C(=O)CNC2CCCCCCC2)cc1. The van der Waals surface area contributed by atoms with Crippen LogP contribution >= 0.6 is 0 Å². The number of nitrogens with two attached hydrogens (primary N) is 1. The normalized spacial score (nSPS) is 20.4. The minimum Gasteiger partial charge on any atom is -0.384 e. The Kier molecular flexibility index (Phi) is 8.25. The maximum Gasteiger partial charge on any atom is 0.243 e. The van der Waals surface area contributed by atoms with Gasteiger partial charge >= 0.3 is 0 Å². The van der Waals surface area contributed by atoms with Crippen LogP contribution < -0.4 is 16.4 Å². The summed E-state index contributed by atoms with van der Waals surface area (Å²) in [6, 6.07) is 7.29. The maximum atomic E-state index is 12.8.